The zero-order chi connectivity index (χ0) is 25.9. The van der Waals surface area contributed by atoms with Gasteiger partial charge in [0.25, 0.3) is 11.8 Å². The molecule has 2 aromatic heterocycles. The first-order chi connectivity index (χ1) is 17.2. The minimum Gasteiger partial charge on any atom is -0.352 e. The molecule has 0 atom stereocenters. The summed E-state index contributed by atoms with van der Waals surface area (Å²) >= 11 is 0. The number of unbranched alkanes of at least 4 members (excludes halogenated alkanes) is 2. The Kier molecular flexibility index (Phi) is 7.41. The number of alkyl halides is 3. The SMILES string of the molecule is CCCCCNC(=O)c1cn2nc(N3CCN(C(=O)c4cc(F)ccc4C(F)(F)F)CC3)ccc2n1. The molecule has 0 spiro atoms. The van der Waals surface area contributed by atoms with Gasteiger partial charge in [-0.25, -0.2) is 13.9 Å². The van der Waals surface area contributed by atoms with Gasteiger partial charge in [0.05, 0.1) is 17.3 Å². The fourth-order valence-corrected chi connectivity index (χ4v) is 4.07. The molecule has 36 heavy (non-hydrogen) atoms. The molecule has 0 saturated carbocycles. The number of rotatable bonds is 7. The molecule has 1 aliphatic heterocycles. The first kappa shape index (κ1) is 25.4. The Morgan fingerprint density at radius 3 is 2.50 bits per heavy atom. The van der Waals surface area contributed by atoms with Crippen LogP contribution in [0.3, 0.4) is 0 Å². The van der Waals surface area contributed by atoms with Gasteiger partial charge in [0.1, 0.15) is 17.3 Å². The summed E-state index contributed by atoms with van der Waals surface area (Å²) < 4.78 is 55.1. The molecule has 2 amide bonds. The lowest BCUT2D eigenvalue weighted by molar-refractivity contribution is -0.138. The molecule has 3 aromatic rings. The Hall–Kier alpha value is -3.70. The zero-order valence-corrected chi connectivity index (χ0v) is 19.7. The summed E-state index contributed by atoms with van der Waals surface area (Å²) in [5, 5.41) is 7.33. The van der Waals surface area contributed by atoms with Gasteiger partial charge in [0.15, 0.2) is 5.65 Å². The van der Waals surface area contributed by atoms with Crippen LogP contribution in [0.1, 0.15) is 52.6 Å². The molecule has 12 heteroatoms. The maximum Gasteiger partial charge on any atom is 0.417 e. The number of imidazole rings is 1. The predicted octanol–water partition coefficient (Wildman–Crippen LogP) is 3.77. The molecular weight excluding hydrogens is 480 g/mol. The lowest BCUT2D eigenvalue weighted by Crippen LogP contribution is -2.49. The second kappa shape index (κ2) is 10.5. The second-order valence-electron chi connectivity index (χ2n) is 8.55. The van der Waals surface area contributed by atoms with E-state index in [4.69, 9.17) is 0 Å². The molecule has 4 rings (SSSR count). The number of piperazine rings is 1. The van der Waals surface area contributed by atoms with E-state index in [2.05, 4.69) is 22.3 Å². The van der Waals surface area contributed by atoms with E-state index in [1.165, 1.54) is 15.6 Å². The average Bonchev–Trinajstić information content (AvgIpc) is 3.29. The molecule has 3 heterocycles. The Balaban J connectivity index is 1.42. The highest BCUT2D eigenvalue weighted by Gasteiger charge is 2.37. The van der Waals surface area contributed by atoms with E-state index < -0.39 is 29.0 Å². The molecule has 0 unspecified atom stereocenters. The molecule has 192 valence electrons. The molecule has 8 nitrogen and oxygen atoms in total. The number of nitrogens with one attached hydrogen (secondary N) is 1. The number of fused-ring (bicyclic) bond motifs is 1. The van der Waals surface area contributed by atoms with Crippen LogP contribution in [-0.4, -0.2) is 64.0 Å². The Morgan fingerprint density at radius 1 is 1.06 bits per heavy atom. The van der Waals surface area contributed by atoms with Crippen LogP contribution in [0.4, 0.5) is 23.4 Å². The van der Waals surface area contributed by atoms with E-state index in [1.54, 1.807) is 12.1 Å². The van der Waals surface area contributed by atoms with Crippen molar-refractivity contribution in [2.75, 3.05) is 37.6 Å². The third-order valence-electron chi connectivity index (χ3n) is 6.01. The van der Waals surface area contributed by atoms with Crippen molar-refractivity contribution in [3.8, 4) is 0 Å². The van der Waals surface area contributed by atoms with E-state index >= 15 is 0 Å². The summed E-state index contributed by atoms with van der Waals surface area (Å²) in [6.07, 6.45) is -0.255. The quantitative estimate of drug-likeness (QED) is 0.390. The van der Waals surface area contributed by atoms with Gasteiger partial charge >= 0.3 is 6.18 Å². The standard InChI is InChI=1S/C24H26F4N6O2/c1-2-3-4-9-29-22(35)19-15-34-20(30-19)7-8-21(31-34)32-10-12-33(13-11-32)23(36)17-14-16(25)5-6-18(17)24(26,27)28/h5-8,14-15H,2-4,9-13H2,1H3,(H,29,35). The number of aromatic nitrogens is 3. The van der Waals surface area contributed by atoms with Gasteiger partial charge in [-0.3, -0.25) is 9.59 Å². The van der Waals surface area contributed by atoms with Crippen molar-refractivity contribution in [3.63, 3.8) is 0 Å². The highest BCUT2D eigenvalue weighted by atomic mass is 19.4. The molecular formula is C24H26F4N6O2. The van der Waals surface area contributed by atoms with Gasteiger partial charge < -0.3 is 15.1 Å². The minimum absolute atomic E-state index is 0.141. The maximum atomic E-state index is 13.6. The van der Waals surface area contributed by atoms with Crippen molar-refractivity contribution < 1.29 is 27.2 Å². The third-order valence-corrected chi connectivity index (χ3v) is 6.01. The number of carbonyl (C=O) groups excluding carboxylic acids is 2. The molecule has 1 aliphatic rings. The summed E-state index contributed by atoms with van der Waals surface area (Å²) in [6.45, 7) is 3.57. The van der Waals surface area contributed by atoms with E-state index in [1.807, 2.05) is 4.90 Å². The average molecular weight is 507 g/mol. The van der Waals surface area contributed by atoms with Crippen LogP contribution in [-0.2, 0) is 6.18 Å². The summed E-state index contributed by atoms with van der Waals surface area (Å²) in [5.74, 6) is -1.48. The van der Waals surface area contributed by atoms with Gasteiger partial charge in [0, 0.05) is 32.7 Å². The normalized spacial score (nSPS) is 14.4. The minimum atomic E-state index is -4.77. The van der Waals surface area contributed by atoms with Crippen molar-refractivity contribution in [1.29, 1.82) is 0 Å². The number of nitrogens with zero attached hydrogens (tertiary/aromatic N) is 5. The van der Waals surface area contributed by atoms with Gasteiger partial charge in [-0.2, -0.15) is 13.2 Å². The van der Waals surface area contributed by atoms with Crippen molar-refractivity contribution in [1.82, 2.24) is 24.8 Å². The third kappa shape index (κ3) is 5.58. The summed E-state index contributed by atoms with van der Waals surface area (Å²) in [4.78, 5) is 32.6. The van der Waals surface area contributed by atoms with E-state index in [9.17, 15) is 27.2 Å². The number of halogens is 4. The van der Waals surface area contributed by atoms with Crippen molar-refractivity contribution in [2.45, 2.75) is 32.4 Å². The fraction of sp³-hybridized carbons (Fsp3) is 0.417. The smallest absolute Gasteiger partial charge is 0.352 e. The second-order valence-corrected chi connectivity index (χ2v) is 8.55. The lowest BCUT2D eigenvalue weighted by atomic mass is 10.0. The molecule has 1 saturated heterocycles. The number of hydrogen-bond donors (Lipinski definition) is 1. The number of carbonyl (C=O) groups is 2. The van der Waals surface area contributed by atoms with Crippen LogP contribution in [0.2, 0.25) is 0 Å². The van der Waals surface area contributed by atoms with Gasteiger partial charge in [0.2, 0.25) is 0 Å². The summed E-state index contributed by atoms with van der Waals surface area (Å²) in [7, 11) is 0. The van der Waals surface area contributed by atoms with Crippen LogP contribution < -0.4 is 10.2 Å². The van der Waals surface area contributed by atoms with Crippen LogP contribution in [0, 0.1) is 5.82 Å². The molecule has 0 radical (unpaired) electrons. The fourth-order valence-electron chi connectivity index (χ4n) is 4.07. The van der Waals surface area contributed by atoms with Crippen LogP contribution in [0.5, 0.6) is 0 Å². The van der Waals surface area contributed by atoms with E-state index in [0.29, 0.717) is 49.3 Å². The number of amides is 2. The van der Waals surface area contributed by atoms with Crippen LogP contribution in [0.25, 0.3) is 5.65 Å². The van der Waals surface area contributed by atoms with Gasteiger partial charge in [-0.1, -0.05) is 19.8 Å². The van der Waals surface area contributed by atoms with E-state index in [-0.39, 0.29) is 24.7 Å². The highest BCUT2D eigenvalue weighted by Crippen LogP contribution is 2.33. The highest BCUT2D eigenvalue weighted by molar-refractivity contribution is 5.96. The molecule has 0 bridgehead atoms. The Bertz CT molecular complexity index is 1250. The van der Waals surface area contributed by atoms with Crippen LogP contribution >= 0.6 is 0 Å². The summed E-state index contributed by atoms with van der Waals surface area (Å²) in [6, 6.07) is 5.36. The van der Waals surface area contributed by atoms with Crippen molar-refractivity contribution in [2.24, 2.45) is 0 Å². The molecule has 0 aliphatic carbocycles. The Labute approximate surface area is 204 Å². The van der Waals surface area contributed by atoms with Gasteiger partial charge in [-0.05, 0) is 36.8 Å². The van der Waals surface area contributed by atoms with Crippen molar-refractivity contribution in [3.05, 3.63) is 59.2 Å². The van der Waals surface area contributed by atoms with Crippen LogP contribution in [0.15, 0.2) is 36.5 Å². The van der Waals surface area contributed by atoms with E-state index in [0.717, 1.165) is 19.3 Å². The molecule has 1 fully saturated rings. The molecule has 1 aromatic carbocycles. The lowest BCUT2D eigenvalue weighted by Gasteiger charge is -2.35. The number of anilines is 1. The summed E-state index contributed by atoms with van der Waals surface area (Å²) in [5.41, 5.74) is -1.11. The Morgan fingerprint density at radius 2 is 1.81 bits per heavy atom. The monoisotopic (exact) mass is 506 g/mol. The zero-order valence-electron chi connectivity index (χ0n) is 19.7. The topological polar surface area (TPSA) is 82.8 Å². The number of hydrogen-bond acceptors (Lipinski definition) is 5. The first-order valence-corrected chi connectivity index (χ1v) is 11.7. The predicted molar refractivity (Wildman–Crippen MR) is 124 cm³/mol. The first-order valence-electron chi connectivity index (χ1n) is 11.7. The van der Waals surface area contributed by atoms with Crippen molar-refractivity contribution >= 4 is 23.3 Å². The molecule has 1 N–H and O–H groups in total. The largest absolute Gasteiger partial charge is 0.417 e. The number of benzene rings is 1. The maximum absolute atomic E-state index is 13.6. The van der Waals surface area contributed by atoms with Gasteiger partial charge in [-0.15, -0.1) is 5.10 Å².